The van der Waals surface area contributed by atoms with Crippen molar-refractivity contribution in [1.29, 1.82) is 0 Å². The minimum atomic E-state index is 0.0487. The molecule has 16 heavy (non-hydrogen) atoms. The highest BCUT2D eigenvalue weighted by Crippen LogP contribution is 2.19. The summed E-state index contributed by atoms with van der Waals surface area (Å²) in [5.74, 6) is 1.79. The zero-order chi connectivity index (χ0) is 12.1. The molecule has 1 heterocycles. The molecule has 1 N–H and O–H groups in total. The van der Waals surface area contributed by atoms with Gasteiger partial charge in [-0.3, -0.25) is 4.79 Å². The van der Waals surface area contributed by atoms with Crippen molar-refractivity contribution in [3.8, 4) is 0 Å². The Kier molecular flexibility index (Phi) is 5.00. The Balaban J connectivity index is 2.47. The summed E-state index contributed by atoms with van der Waals surface area (Å²) in [6, 6.07) is 1.86. The fraction of sp³-hybridized carbons (Fsp3) is 0.615. The summed E-state index contributed by atoms with van der Waals surface area (Å²) in [5.41, 5.74) is 0.774. The van der Waals surface area contributed by atoms with E-state index in [1.807, 2.05) is 16.8 Å². The maximum absolute atomic E-state index is 11.8. The number of carbonyl (C=O) groups is 1. The van der Waals surface area contributed by atoms with Gasteiger partial charge in [-0.2, -0.15) is 11.3 Å². The standard InChI is InChI=1S/C13H21NOS/c1-9(2)12(10(3)4)7-14-13(15)11-5-6-16-8-11/h5-6,8-10,12H,7H2,1-4H3,(H,14,15). The second kappa shape index (κ2) is 6.04. The van der Waals surface area contributed by atoms with Crippen molar-refractivity contribution < 1.29 is 4.79 Å². The lowest BCUT2D eigenvalue weighted by Gasteiger charge is -2.24. The van der Waals surface area contributed by atoms with Gasteiger partial charge in [0.15, 0.2) is 0 Å². The van der Waals surface area contributed by atoms with Crippen LogP contribution in [0.15, 0.2) is 16.8 Å². The van der Waals surface area contributed by atoms with Gasteiger partial charge in [-0.05, 0) is 29.2 Å². The molecule has 0 unspecified atom stereocenters. The molecule has 0 radical (unpaired) electrons. The fourth-order valence-electron chi connectivity index (χ4n) is 1.95. The molecule has 1 amide bonds. The highest BCUT2D eigenvalue weighted by atomic mass is 32.1. The average molecular weight is 239 g/mol. The molecule has 3 heteroatoms. The molecule has 0 saturated heterocycles. The molecule has 0 aliphatic heterocycles. The van der Waals surface area contributed by atoms with Crippen LogP contribution in [0.3, 0.4) is 0 Å². The van der Waals surface area contributed by atoms with Crippen LogP contribution in [-0.2, 0) is 0 Å². The van der Waals surface area contributed by atoms with E-state index in [9.17, 15) is 4.79 Å². The lowest BCUT2D eigenvalue weighted by molar-refractivity contribution is 0.0937. The predicted molar refractivity (Wildman–Crippen MR) is 69.8 cm³/mol. The van der Waals surface area contributed by atoms with Gasteiger partial charge >= 0.3 is 0 Å². The van der Waals surface area contributed by atoms with E-state index >= 15 is 0 Å². The van der Waals surface area contributed by atoms with E-state index in [1.165, 1.54) is 0 Å². The van der Waals surface area contributed by atoms with E-state index in [1.54, 1.807) is 11.3 Å². The second-order valence-corrected chi connectivity index (χ2v) is 5.65. The molecule has 2 nitrogen and oxygen atoms in total. The molecular weight excluding hydrogens is 218 g/mol. The first-order valence-electron chi connectivity index (χ1n) is 5.82. The van der Waals surface area contributed by atoms with Crippen LogP contribution < -0.4 is 5.32 Å². The van der Waals surface area contributed by atoms with Crippen LogP contribution in [-0.4, -0.2) is 12.5 Å². The highest BCUT2D eigenvalue weighted by molar-refractivity contribution is 7.08. The largest absolute Gasteiger partial charge is 0.352 e. The monoisotopic (exact) mass is 239 g/mol. The molecular formula is C13H21NOS. The normalized spacial score (nSPS) is 11.4. The van der Waals surface area contributed by atoms with Gasteiger partial charge in [-0.25, -0.2) is 0 Å². The van der Waals surface area contributed by atoms with Gasteiger partial charge in [-0.15, -0.1) is 0 Å². The summed E-state index contributed by atoms with van der Waals surface area (Å²) in [6.07, 6.45) is 0. The molecule has 1 rings (SSSR count). The highest BCUT2D eigenvalue weighted by Gasteiger charge is 2.18. The van der Waals surface area contributed by atoms with E-state index in [4.69, 9.17) is 0 Å². The fourth-order valence-corrected chi connectivity index (χ4v) is 2.58. The zero-order valence-corrected chi connectivity index (χ0v) is 11.3. The Morgan fingerprint density at radius 3 is 2.38 bits per heavy atom. The van der Waals surface area contributed by atoms with Gasteiger partial charge in [0.2, 0.25) is 0 Å². The maximum atomic E-state index is 11.8. The second-order valence-electron chi connectivity index (χ2n) is 4.87. The molecule has 0 bridgehead atoms. The first-order chi connectivity index (χ1) is 7.52. The van der Waals surface area contributed by atoms with Gasteiger partial charge in [0.1, 0.15) is 0 Å². The third-order valence-corrected chi connectivity index (χ3v) is 3.68. The Hall–Kier alpha value is -0.830. The van der Waals surface area contributed by atoms with E-state index in [-0.39, 0.29) is 5.91 Å². The first-order valence-corrected chi connectivity index (χ1v) is 6.77. The van der Waals surface area contributed by atoms with Gasteiger partial charge in [0.05, 0.1) is 0 Å². The lowest BCUT2D eigenvalue weighted by atomic mass is 9.85. The Labute approximate surface area is 102 Å². The van der Waals surface area contributed by atoms with Gasteiger partial charge in [-0.1, -0.05) is 27.7 Å². The topological polar surface area (TPSA) is 29.1 Å². The smallest absolute Gasteiger partial charge is 0.252 e. The van der Waals surface area contributed by atoms with Crippen molar-refractivity contribution in [3.05, 3.63) is 22.4 Å². The van der Waals surface area contributed by atoms with Gasteiger partial charge in [0, 0.05) is 17.5 Å². The molecule has 0 aliphatic carbocycles. The van der Waals surface area contributed by atoms with E-state index in [0.717, 1.165) is 12.1 Å². The molecule has 0 fully saturated rings. The summed E-state index contributed by atoms with van der Waals surface area (Å²) >= 11 is 1.55. The van der Waals surface area contributed by atoms with Gasteiger partial charge < -0.3 is 5.32 Å². The molecule has 0 spiro atoms. The van der Waals surface area contributed by atoms with Gasteiger partial charge in [0.25, 0.3) is 5.91 Å². The zero-order valence-electron chi connectivity index (χ0n) is 10.5. The van der Waals surface area contributed by atoms with Crippen molar-refractivity contribution in [1.82, 2.24) is 5.32 Å². The Morgan fingerprint density at radius 2 is 1.94 bits per heavy atom. The summed E-state index contributed by atoms with van der Waals surface area (Å²) < 4.78 is 0. The average Bonchev–Trinajstić information content (AvgIpc) is 2.69. The first kappa shape index (κ1) is 13.2. The molecule has 1 aromatic heterocycles. The molecule has 1 aromatic rings. The Morgan fingerprint density at radius 1 is 1.31 bits per heavy atom. The molecule has 0 saturated carbocycles. The number of carbonyl (C=O) groups excluding carboxylic acids is 1. The third kappa shape index (κ3) is 3.63. The van der Waals surface area contributed by atoms with Crippen molar-refractivity contribution in [2.45, 2.75) is 27.7 Å². The van der Waals surface area contributed by atoms with Crippen LogP contribution >= 0.6 is 11.3 Å². The summed E-state index contributed by atoms with van der Waals surface area (Å²) in [4.78, 5) is 11.8. The SMILES string of the molecule is CC(C)C(CNC(=O)c1ccsc1)C(C)C. The number of amides is 1. The van der Waals surface area contributed by atoms with Crippen LogP contribution in [0.2, 0.25) is 0 Å². The van der Waals surface area contributed by atoms with Crippen molar-refractivity contribution in [2.75, 3.05) is 6.54 Å². The molecule has 0 atom stereocenters. The lowest BCUT2D eigenvalue weighted by Crippen LogP contribution is -2.33. The quantitative estimate of drug-likeness (QED) is 0.838. The summed E-state index contributed by atoms with van der Waals surface area (Å²) in [7, 11) is 0. The third-order valence-electron chi connectivity index (χ3n) is 2.99. The summed E-state index contributed by atoms with van der Waals surface area (Å²) in [6.45, 7) is 9.61. The van der Waals surface area contributed by atoms with E-state index in [2.05, 4.69) is 33.0 Å². The molecule has 0 aliphatic rings. The minimum absolute atomic E-state index is 0.0487. The maximum Gasteiger partial charge on any atom is 0.252 e. The number of nitrogens with one attached hydrogen (secondary N) is 1. The molecule has 0 aromatic carbocycles. The summed E-state index contributed by atoms with van der Waals surface area (Å²) in [5, 5.41) is 6.83. The van der Waals surface area contributed by atoms with Crippen LogP contribution in [0.4, 0.5) is 0 Å². The van der Waals surface area contributed by atoms with Crippen LogP contribution in [0.5, 0.6) is 0 Å². The van der Waals surface area contributed by atoms with Crippen LogP contribution in [0, 0.1) is 17.8 Å². The van der Waals surface area contributed by atoms with Crippen LogP contribution in [0.25, 0.3) is 0 Å². The number of hydrogen-bond acceptors (Lipinski definition) is 2. The Bertz CT molecular complexity index is 309. The number of hydrogen-bond donors (Lipinski definition) is 1. The van der Waals surface area contributed by atoms with Crippen molar-refractivity contribution >= 4 is 17.2 Å². The number of thiophene rings is 1. The van der Waals surface area contributed by atoms with Crippen molar-refractivity contribution in [2.24, 2.45) is 17.8 Å². The predicted octanol–water partition coefficient (Wildman–Crippen LogP) is 3.41. The van der Waals surface area contributed by atoms with E-state index < -0.39 is 0 Å². The molecule has 90 valence electrons. The van der Waals surface area contributed by atoms with Crippen molar-refractivity contribution in [3.63, 3.8) is 0 Å². The minimum Gasteiger partial charge on any atom is -0.352 e. The van der Waals surface area contributed by atoms with E-state index in [0.29, 0.717) is 17.8 Å². The number of rotatable bonds is 5. The van der Waals surface area contributed by atoms with Crippen LogP contribution in [0.1, 0.15) is 38.1 Å².